The Hall–Kier alpha value is -1.34. The summed E-state index contributed by atoms with van der Waals surface area (Å²) in [4.78, 5) is 0. The van der Waals surface area contributed by atoms with E-state index in [0.717, 1.165) is 18.5 Å². The average Bonchev–Trinajstić information content (AvgIpc) is 2.93. The molecule has 0 saturated heterocycles. The molecule has 1 nitrogen and oxygen atoms in total. The van der Waals surface area contributed by atoms with E-state index in [0.29, 0.717) is 0 Å². The van der Waals surface area contributed by atoms with Crippen LogP contribution in [0.15, 0.2) is 42.5 Å². The van der Waals surface area contributed by atoms with Crippen LogP contribution in [0.1, 0.15) is 44.1 Å². The Morgan fingerprint density at radius 2 is 1.89 bits per heavy atom. The van der Waals surface area contributed by atoms with Crippen molar-refractivity contribution in [2.75, 3.05) is 6.54 Å². The van der Waals surface area contributed by atoms with Gasteiger partial charge in [-0.15, -0.1) is 0 Å². The quantitative estimate of drug-likeness (QED) is 0.847. The summed E-state index contributed by atoms with van der Waals surface area (Å²) in [5, 5.41) is 6.51. The van der Waals surface area contributed by atoms with Crippen molar-refractivity contribution in [3.63, 3.8) is 0 Å². The highest BCUT2D eigenvalue weighted by Gasteiger charge is 2.26. The summed E-state index contributed by atoms with van der Waals surface area (Å²) in [5.41, 5.74) is 1.55. The maximum Gasteiger partial charge on any atom is 0.00731 e. The zero-order valence-corrected chi connectivity index (χ0v) is 11.7. The molecule has 0 bridgehead atoms. The number of nitrogens with one attached hydrogen (secondary N) is 1. The summed E-state index contributed by atoms with van der Waals surface area (Å²) in [6, 6.07) is 16.3. The van der Waals surface area contributed by atoms with Gasteiger partial charge in [0.15, 0.2) is 0 Å². The lowest BCUT2D eigenvalue weighted by Gasteiger charge is -2.15. The topological polar surface area (TPSA) is 12.0 Å². The number of hydrogen-bond acceptors (Lipinski definition) is 1. The van der Waals surface area contributed by atoms with Crippen LogP contribution >= 0.6 is 0 Å². The summed E-state index contributed by atoms with van der Waals surface area (Å²) in [5.74, 6) is 0.737. The van der Waals surface area contributed by atoms with E-state index in [1.54, 1.807) is 5.56 Å². The minimum atomic E-state index is 0.726. The van der Waals surface area contributed by atoms with Gasteiger partial charge in [0.1, 0.15) is 0 Å². The molecule has 3 rings (SSSR count). The summed E-state index contributed by atoms with van der Waals surface area (Å²) < 4.78 is 0. The van der Waals surface area contributed by atoms with Crippen LogP contribution < -0.4 is 5.32 Å². The van der Waals surface area contributed by atoms with Gasteiger partial charge in [0.05, 0.1) is 0 Å². The fourth-order valence-corrected chi connectivity index (χ4v) is 3.40. The van der Waals surface area contributed by atoms with Crippen molar-refractivity contribution in [3.8, 4) is 0 Å². The van der Waals surface area contributed by atoms with Gasteiger partial charge in [0.2, 0.25) is 0 Å². The second kappa shape index (κ2) is 5.75. The van der Waals surface area contributed by atoms with E-state index in [9.17, 15) is 0 Å². The Balaban J connectivity index is 1.82. The van der Waals surface area contributed by atoms with Gasteiger partial charge < -0.3 is 5.32 Å². The van der Waals surface area contributed by atoms with E-state index >= 15 is 0 Å². The van der Waals surface area contributed by atoms with Gasteiger partial charge >= 0.3 is 0 Å². The Morgan fingerprint density at radius 1 is 1.05 bits per heavy atom. The predicted octanol–water partition coefficient (Wildman–Crippen LogP) is 4.48. The second-order valence-corrected chi connectivity index (χ2v) is 5.73. The smallest absolute Gasteiger partial charge is 0.00731 e. The predicted molar refractivity (Wildman–Crippen MR) is 82.6 cm³/mol. The number of hydrogen-bond donors (Lipinski definition) is 1. The molecule has 0 radical (unpaired) electrons. The molecule has 0 heterocycles. The zero-order valence-electron chi connectivity index (χ0n) is 11.7. The number of rotatable bonds is 4. The first-order valence-corrected chi connectivity index (χ1v) is 7.59. The first-order valence-electron chi connectivity index (χ1n) is 7.59. The monoisotopic (exact) mass is 253 g/mol. The molecule has 2 unspecified atom stereocenters. The van der Waals surface area contributed by atoms with Gasteiger partial charge in [-0.25, -0.2) is 0 Å². The number of fused-ring (bicyclic) bond motifs is 1. The van der Waals surface area contributed by atoms with Crippen molar-refractivity contribution < 1.29 is 0 Å². The van der Waals surface area contributed by atoms with Crippen LogP contribution in [0.5, 0.6) is 0 Å². The molecule has 2 atom stereocenters. The van der Waals surface area contributed by atoms with Crippen molar-refractivity contribution in [1.29, 1.82) is 0 Å². The van der Waals surface area contributed by atoms with Crippen LogP contribution in [0.2, 0.25) is 0 Å². The Bertz CT molecular complexity index is 541. The normalized spacial score (nSPS) is 23.0. The SMILES string of the molecule is CCCNC1CCC(c2cccc3ccccc23)C1. The van der Waals surface area contributed by atoms with E-state index < -0.39 is 0 Å². The Kier molecular flexibility index (Phi) is 3.84. The van der Waals surface area contributed by atoms with Crippen LogP contribution in [0, 0.1) is 0 Å². The van der Waals surface area contributed by atoms with Gasteiger partial charge in [-0.3, -0.25) is 0 Å². The molecule has 0 spiro atoms. The van der Waals surface area contributed by atoms with Gasteiger partial charge in [0.25, 0.3) is 0 Å². The fraction of sp³-hybridized carbons (Fsp3) is 0.444. The van der Waals surface area contributed by atoms with Crippen molar-refractivity contribution in [3.05, 3.63) is 48.0 Å². The lowest BCUT2D eigenvalue weighted by atomic mass is 9.92. The highest BCUT2D eigenvalue weighted by Crippen LogP contribution is 2.37. The maximum absolute atomic E-state index is 3.68. The molecular weight excluding hydrogens is 230 g/mol. The first-order chi connectivity index (χ1) is 9.38. The van der Waals surface area contributed by atoms with E-state index in [2.05, 4.69) is 54.7 Å². The van der Waals surface area contributed by atoms with Gasteiger partial charge in [-0.1, -0.05) is 49.4 Å². The van der Waals surface area contributed by atoms with Crippen molar-refractivity contribution in [2.45, 2.75) is 44.6 Å². The van der Waals surface area contributed by atoms with E-state index in [4.69, 9.17) is 0 Å². The van der Waals surface area contributed by atoms with Gasteiger partial charge in [-0.2, -0.15) is 0 Å². The van der Waals surface area contributed by atoms with Crippen molar-refractivity contribution >= 4 is 10.8 Å². The molecular formula is C18H23N. The van der Waals surface area contributed by atoms with Crippen LogP contribution in [0.3, 0.4) is 0 Å². The van der Waals surface area contributed by atoms with Crippen molar-refractivity contribution in [1.82, 2.24) is 5.32 Å². The Labute approximate surface area is 116 Å². The van der Waals surface area contributed by atoms with Crippen LogP contribution in [-0.2, 0) is 0 Å². The molecule has 0 aliphatic heterocycles. The molecule has 2 aromatic carbocycles. The average molecular weight is 253 g/mol. The van der Waals surface area contributed by atoms with Crippen LogP contribution in [-0.4, -0.2) is 12.6 Å². The van der Waals surface area contributed by atoms with Crippen LogP contribution in [0.25, 0.3) is 10.8 Å². The van der Waals surface area contributed by atoms with Gasteiger partial charge in [0, 0.05) is 6.04 Å². The van der Waals surface area contributed by atoms with Gasteiger partial charge in [-0.05, 0) is 54.5 Å². The zero-order chi connectivity index (χ0) is 13.1. The number of benzene rings is 2. The molecule has 1 saturated carbocycles. The summed E-state index contributed by atoms with van der Waals surface area (Å²) in [6.45, 7) is 3.40. The molecule has 19 heavy (non-hydrogen) atoms. The third kappa shape index (κ3) is 2.66. The second-order valence-electron chi connectivity index (χ2n) is 5.73. The maximum atomic E-state index is 3.68. The minimum absolute atomic E-state index is 0.726. The first kappa shape index (κ1) is 12.7. The highest BCUT2D eigenvalue weighted by molar-refractivity contribution is 5.86. The molecule has 0 aromatic heterocycles. The standard InChI is InChI=1S/C18H23N/c1-2-12-19-16-11-10-15(13-16)18-9-5-7-14-6-3-4-8-17(14)18/h3-9,15-16,19H,2,10-13H2,1H3. The third-order valence-corrected chi connectivity index (χ3v) is 4.38. The van der Waals surface area contributed by atoms with E-state index in [-0.39, 0.29) is 0 Å². The summed E-state index contributed by atoms with van der Waals surface area (Å²) in [6.07, 6.45) is 5.19. The molecule has 1 fully saturated rings. The lowest BCUT2D eigenvalue weighted by molar-refractivity contribution is 0.517. The summed E-state index contributed by atoms with van der Waals surface area (Å²) in [7, 11) is 0. The van der Waals surface area contributed by atoms with Crippen LogP contribution in [0.4, 0.5) is 0 Å². The molecule has 100 valence electrons. The van der Waals surface area contributed by atoms with E-state index in [1.807, 2.05) is 0 Å². The minimum Gasteiger partial charge on any atom is -0.314 e. The highest BCUT2D eigenvalue weighted by atomic mass is 14.9. The summed E-state index contributed by atoms with van der Waals surface area (Å²) >= 11 is 0. The molecule has 1 N–H and O–H groups in total. The lowest BCUT2D eigenvalue weighted by Crippen LogP contribution is -2.26. The Morgan fingerprint density at radius 3 is 2.79 bits per heavy atom. The molecule has 0 amide bonds. The third-order valence-electron chi connectivity index (χ3n) is 4.38. The molecule has 1 aliphatic carbocycles. The van der Waals surface area contributed by atoms with E-state index in [1.165, 1.54) is 36.5 Å². The fourth-order valence-electron chi connectivity index (χ4n) is 3.40. The molecule has 1 heteroatoms. The largest absolute Gasteiger partial charge is 0.314 e. The molecule has 2 aromatic rings. The van der Waals surface area contributed by atoms with Crippen molar-refractivity contribution in [2.24, 2.45) is 0 Å². The molecule has 1 aliphatic rings.